The highest BCUT2D eigenvalue weighted by molar-refractivity contribution is 5.70. The summed E-state index contributed by atoms with van der Waals surface area (Å²) in [6.07, 6.45) is 8.53. The minimum atomic E-state index is 1.10. The first kappa shape index (κ1) is 18.9. The van der Waals surface area contributed by atoms with Gasteiger partial charge in [-0.1, -0.05) is 78.9 Å². The Kier molecular flexibility index (Phi) is 8.17. The highest BCUT2D eigenvalue weighted by Gasteiger charge is 1.98. The molecule has 0 radical (unpaired) electrons. The molecule has 3 aromatic carbocycles. The summed E-state index contributed by atoms with van der Waals surface area (Å²) in [5.41, 5.74) is 4.67. The Labute approximate surface area is 156 Å². The lowest BCUT2D eigenvalue weighted by molar-refractivity contribution is 1.54. The third kappa shape index (κ3) is 6.62. The van der Waals surface area contributed by atoms with Gasteiger partial charge in [0.15, 0.2) is 0 Å². The number of allylic oxidation sites excluding steroid dienone is 4. The van der Waals surface area contributed by atoms with Crippen LogP contribution in [-0.4, -0.2) is 6.21 Å². The van der Waals surface area contributed by atoms with E-state index >= 15 is 0 Å². The van der Waals surface area contributed by atoms with E-state index in [0.717, 1.165) is 11.4 Å². The summed E-state index contributed by atoms with van der Waals surface area (Å²) in [5, 5.41) is 9.95. The summed E-state index contributed by atoms with van der Waals surface area (Å²) in [5.74, 6) is 0. The zero-order valence-electron chi connectivity index (χ0n) is 15.0. The maximum absolute atomic E-state index is 6.54. The number of nitrogens with one attached hydrogen (secondary N) is 2. The molecule has 2 N–H and O–H groups in total. The lowest BCUT2D eigenvalue weighted by atomic mass is 10.1. The summed E-state index contributed by atoms with van der Waals surface area (Å²) in [4.78, 5) is 0. The van der Waals surface area contributed by atoms with Crippen molar-refractivity contribution in [3.05, 3.63) is 109 Å². The van der Waals surface area contributed by atoms with Crippen LogP contribution in [-0.2, 0) is 0 Å². The average Bonchev–Trinajstić information content (AvgIpc) is 2.71. The Morgan fingerprint density at radius 2 is 1.27 bits per heavy atom. The largest absolute Gasteiger partial charge is 0.356 e. The molecule has 0 aliphatic carbocycles. The van der Waals surface area contributed by atoms with Crippen LogP contribution in [0.1, 0.15) is 6.92 Å². The molecule has 3 rings (SSSR count). The Balaban J connectivity index is 0.000000298. The summed E-state index contributed by atoms with van der Waals surface area (Å²) in [6, 6.07) is 29.1. The number of benzene rings is 3. The van der Waals surface area contributed by atoms with Crippen molar-refractivity contribution < 1.29 is 0 Å². The van der Waals surface area contributed by atoms with E-state index in [0.29, 0.717) is 0 Å². The van der Waals surface area contributed by atoms with Gasteiger partial charge in [0.05, 0.1) is 0 Å². The van der Waals surface area contributed by atoms with Gasteiger partial charge in [-0.2, -0.15) is 0 Å². The van der Waals surface area contributed by atoms with Crippen molar-refractivity contribution in [2.45, 2.75) is 6.92 Å². The van der Waals surface area contributed by atoms with Crippen molar-refractivity contribution in [3.63, 3.8) is 0 Å². The number of hydrogen-bond acceptors (Lipinski definition) is 2. The molecular weight excluding hydrogens is 316 g/mol. The van der Waals surface area contributed by atoms with E-state index in [1.54, 1.807) is 6.08 Å². The van der Waals surface area contributed by atoms with Gasteiger partial charge >= 0.3 is 0 Å². The number of rotatable bonds is 5. The summed E-state index contributed by atoms with van der Waals surface area (Å²) in [7, 11) is 0. The van der Waals surface area contributed by atoms with Crippen LogP contribution in [0.2, 0.25) is 0 Å². The van der Waals surface area contributed by atoms with Crippen molar-refractivity contribution in [2.24, 2.45) is 0 Å². The van der Waals surface area contributed by atoms with Gasteiger partial charge in [-0.25, -0.2) is 0 Å². The van der Waals surface area contributed by atoms with Crippen LogP contribution in [0.3, 0.4) is 0 Å². The monoisotopic (exact) mass is 340 g/mol. The molecule has 2 nitrogen and oxygen atoms in total. The molecule has 0 aliphatic heterocycles. The lowest BCUT2D eigenvalue weighted by Gasteiger charge is -2.08. The first-order valence-corrected chi connectivity index (χ1v) is 8.59. The molecule has 0 saturated carbocycles. The van der Waals surface area contributed by atoms with Crippen LogP contribution in [0.25, 0.3) is 11.1 Å². The van der Waals surface area contributed by atoms with Crippen LogP contribution in [0.4, 0.5) is 11.4 Å². The van der Waals surface area contributed by atoms with Crippen molar-refractivity contribution in [3.8, 4) is 11.1 Å². The van der Waals surface area contributed by atoms with E-state index in [4.69, 9.17) is 5.41 Å². The molecule has 0 aliphatic rings. The Hall–Kier alpha value is -3.39. The van der Waals surface area contributed by atoms with Gasteiger partial charge in [0.25, 0.3) is 0 Å². The summed E-state index contributed by atoms with van der Waals surface area (Å²) < 4.78 is 0. The van der Waals surface area contributed by atoms with Crippen LogP contribution >= 0.6 is 0 Å². The Morgan fingerprint density at radius 3 is 1.92 bits per heavy atom. The molecule has 0 fully saturated rings. The molecule has 0 bridgehead atoms. The molecule has 3 aromatic rings. The molecule has 0 amide bonds. The highest BCUT2D eigenvalue weighted by atomic mass is 14.9. The predicted octanol–water partition coefficient (Wildman–Crippen LogP) is 6.87. The van der Waals surface area contributed by atoms with Gasteiger partial charge in [0, 0.05) is 17.6 Å². The van der Waals surface area contributed by atoms with Crippen molar-refractivity contribution in [2.75, 3.05) is 5.32 Å². The van der Waals surface area contributed by atoms with Gasteiger partial charge in [-0.15, -0.1) is 0 Å². The van der Waals surface area contributed by atoms with Crippen LogP contribution in [0.15, 0.2) is 109 Å². The maximum Gasteiger partial charge on any atom is 0.0390 e. The average molecular weight is 340 g/mol. The Bertz CT molecular complexity index is 834. The number of anilines is 2. The highest BCUT2D eigenvalue weighted by Crippen LogP contribution is 2.24. The quantitative estimate of drug-likeness (QED) is 0.386. The van der Waals surface area contributed by atoms with Gasteiger partial charge < -0.3 is 10.7 Å². The second-order valence-electron chi connectivity index (χ2n) is 5.52. The van der Waals surface area contributed by atoms with E-state index in [1.165, 1.54) is 17.3 Å². The van der Waals surface area contributed by atoms with Gasteiger partial charge in [0.2, 0.25) is 0 Å². The molecule has 26 heavy (non-hydrogen) atoms. The van der Waals surface area contributed by atoms with Crippen molar-refractivity contribution >= 4 is 17.6 Å². The zero-order valence-corrected chi connectivity index (χ0v) is 15.0. The minimum absolute atomic E-state index is 1.10. The Morgan fingerprint density at radius 1 is 0.654 bits per heavy atom. The fraction of sp³-hybridized carbons (Fsp3) is 0.0417. The topological polar surface area (TPSA) is 35.9 Å². The molecule has 0 spiro atoms. The van der Waals surface area contributed by atoms with E-state index < -0.39 is 0 Å². The summed E-state index contributed by atoms with van der Waals surface area (Å²) in [6.45, 7) is 1.94. The number of para-hydroxylation sites is 1. The number of hydrogen-bond donors (Lipinski definition) is 2. The molecular formula is C24H24N2. The molecule has 0 saturated heterocycles. The van der Waals surface area contributed by atoms with Crippen LogP contribution < -0.4 is 5.32 Å². The second-order valence-corrected chi connectivity index (χ2v) is 5.52. The van der Waals surface area contributed by atoms with Gasteiger partial charge in [0.1, 0.15) is 0 Å². The van der Waals surface area contributed by atoms with Crippen LogP contribution in [0.5, 0.6) is 0 Å². The maximum atomic E-state index is 6.54. The minimum Gasteiger partial charge on any atom is -0.356 e. The molecule has 0 atom stereocenters. The van der Waals surface area contributed by atoms with Crippen LogP contribution in [0, 0.1) is 5.41 Å². The van der Waals surface area contributed by atoms with Gasteiger partial charge in [-0.3, -0.25) is 0 Å². The first-order chi connectivity index (χ1) is 12.8. The smallest absolute Gasteiger partial charge is 0.0390 e. The second kappa shape index (κ2) is 11.2. The SMILES string of the molecule is C/C=C\C=C/C=N.c1ccc(Nc2cccc(-c3ccccc3)c2)cc1. The van der Waals surface area contributed by atoms with E-state index in [2.05, 4.69) is 66.0 Å². The van der Waals surface area contributed by atoms with E-state index in [1.807, 2.05) is 49.4 Å². The first-order valence-electron chi connectivity index (χ1n) is 8.59. The standard InChI is InChI=1S/C18H15N.C6H9N/c1-3-8-15(9-4-1)16-10-7-13-18(14-16)19-17-11-5-2-6-12-17;1-2-3-4-5-6-7/h1-14,19H;2-7H,1H3/b;3-2-,5-4-,7-6?. The lowest BCUT2D eigenvalue weighted by Crippen LogP contribution is -1.89. The fourth-order valence-electron chi connectivity index (χ4n) is 2.33. The fourth-order valence-corrected chi connectivity index (χ4v) is 2.33. The van der Waals surface area contributed by atoms with E-state index in [-0.39, 0.29) is 0 Å². The summed E-state index contributed by atoms with van der Waals surface area (Å²) >= 11 is 0. The third-order valence-electron chi connectivity index (χ3n) is 3.54. The molecule has 0 heterocycles. The normalized spacial score (nSPS) is 10.3. The van der Waals surface area contributed by atoms with Crippen molar-refractivity contribution in [1.82, 2.24) is 0 Å². The molecule has 0 aromatic heterocycles. The molecule has 0 unspecified atom stereocenters. The zero-order chi connectivity index (χ0) is 18.5. The van der Waals surface area contributed by atoms with Crippen molar-refractivity contribution in [1.29, 1.82) is 5.41 Å². The molecule has 130 valence electrons. The predicted molar refractivity (Wildman–Crippen MR) is 114 cm³/mol. The van der Waals surface area contributed by atoms with Gasteiger partial charge in [-0.05, 0) is 48.4 Å². The third-order valence-corrected chi connectivity index (χ3v) is 3.54. The van der Waals surface area contributed by atoms with E-state index in [9.17, 15) is 0 Å². The molecule has 2 heteroatoms.